The van der Waals surface area contributed by atoms with Gasteiger partial charge in [-0.3, -0.25) is 23.7 Å². The number of nitrogens with one attached hydrogen (secondary N) is 1. The smallest absolute Gasteiger partial charge is 0.305 e. The van der Waals surface area contributed by atoms with Gasteiger partial charge in [0.15, 0.2) is 5.78 Å². The van der Waals surface area contributed by atoms with Crippen LogP contribution in [0.1, 0.15) is 104 Å². The lowest BCUT2D eigenvalue weighted by molar-refractivity contribution is -0.143. The van der Waals surface area contributed by atoms with Crippen molar-refractivity contribution in [2.45, 2.75) is 85.0 Å². The number of Topliss-reactive ketones (excluding diaryl/α,β-unsaturated/α-hetero) is 1. The van der Waals surface area contributed by atoms with E-state index in [4.69, 9.17) is 9.47 Å². The summed E-state index contributed by atoms with van der Waals surface area (Å²) >= 11 is 0. The molecule has 0 aliphatic rings. The number of fused-ring (bicyclic) bond motifs is 1. The minimum Gasteiger partial charge on any atom is -0.497 e. The summed E-state index contributed by atoms with van der Waals surface area (Å²) in [6, 6.07) is 12.1. The number of ketones is 1. The molecule has 0 atom stereocenters. The van der Waals surface area contributed by atoms with Gasteiger partial charge in [-0.15, -0.1) is 0 Å². The summed E-state index contributed by atoms with van der Waals surface area (Å²) in [6.45, 7) is 6.52. The van der Waals surface area contributed by atoms with Gasteiger partial charge in [0.1, 0.15) is 5.75 Å². The van der Waals surface area contributed by atoms with E-state index in [9.17, 15) is 19.2 Å². The van der Waals surface area contributed by atoms with E-state index in [1.165, 1.54) is 6.92 Å². The number of aromatic nitrogens is 1. The van der Waals surface area contributed by atoms with E-state index in [-0.39, 0.29) is 30.0 Å². The molecule has 0 bridgehead atoms. The van der Waals surface area contributed by atoms with Gasteiger partial charge in [-0.25, -0.2) is 0 Å². The number of hydrogen-bond donors (Lipinski definition) is 1. The van der Waals surface area contributed by atoms with Crippen molar-refractivity contribution in [1.29, 1.82) is 0 Å². The van der Waals surface area contributed by atoms with Crippen LogP contribution in [-0.4, -0.2) is 48.4 Å². The Bertz CT molecular complexity index is 1370. The Morgan fingerprint density at radius 1 is 0.857 bits per heavy atom. The molecule has 42 heavy (non-hydrogen) atoms. The van der Waals surface area contributed by atoms with Gasteiger partial charge in [0.05, 0.1) is 25.7 Å². The molecule has 0 radical (unpaired) electrons. The largest absolute Gasteiger partial charge is 0.497 e. The van der Waals surface area contributed by atoms with Crippen LogP contribution in [0.2, 0.25) is 0 Å². The van der Waals surface area contributed by atoms with Gasteiger partial charge in [-0.05, 0) is 81.1 Å². The molecule has 0 unspecified atom stereocenters. The summed E-state index contributed by atoms with van der Waals surface area (Å²) in [5.74, 6) is 0.112. The van der Waals surface area contributed by atoms with E-state index in [1.54, 1.807) is 54.1 Å². The van der Waals surface area contributed by atoms with Crippen LogP contribution in [0.5, 0.6) is 5.75 Å². The average Bonchev–Trinajstić information content (AvgIpc) is 3.26. The SMILES string of the molecule is CCCCCOC(=O)CCCCCCCNC(=O)Cc1c(C)n(C(=O)c2ccc(OC)cc2)c2ccc(C(C)=O)cc12. The van der Waals surface area contributed by atoms with Gasteiger partial charge >= 0.3 is 5.97 Å². The van der Waals surface area contributed by atoms with Crippen molar-refractivity contribution in [2.24, 2.45) is 0 Å². The van der Waals surface area contributed by atoms with E-state index in [0.29, 0.717) is 47.7 Å². The topological polar surface area (TPSA) is 104 Å². The maximum Gasteiger partial charge on any atom is 0.305 e. The third-order valence-electron chi connectivity index (χ3n) is 7.51. The van der Waals surface area contributed by atoms with Crippen molar-refractivity contribution in [2.75, 3.05) is 20.3 Å². The standard InChI is InChI=1S/C34H44N2O6/c1-5-6-12-21-42-33(39)13-10-8-7-9-11-20-35-32(38)23-29-24(2)36(31-19-16-27(25(3)37)22-30(29)31)34(40)26-14-17-28(41-4)18-15-26/h14-19,22H,5-13,20-21,23H2,1-4H3,(H,35,38). The van der Waals surface area contributed by atoms with Crippen LogP contribution in [-0.2, 0) is 20.7 Å². The highest BCUT2D eigenvalue weighted by molar-refractivity contribution is 6.07. The molecule has 0 aliphatic carbocycles. The van der Waals surface area contributed by atoms with Crippen LogP contribution in [0.4, 0.5) is 0 Å². The second kappa shape index (κ2) is 16.5. The molecule has 2 aromatic carbocycles. The number of rotatable bonds is 17. The lowest BCUT2D eigenvalue weighted by Crippen LogP contribution is -2.26. The minimum atomic E-state index is -0.216. The maximum absolute atomic E-state index is 13.6. The highest BCUT2D eigenvalue weighted by Gasteiger charge is 2.22. The van der Waals surface area contributed by atoms with Gasteiger partial charge in [-0.1, -0.05) is 39.0 Å². The molecule has 1 heterocycles. The zero-order valence-corrected chi connectivity index (χ0v) is 25.4. The summed E-state index contributed by atoms with van der Waals surface area (Å²) in [5, 5.41) is 3.72. The number of methoxy groups -OCH3 is 1. The van der Waals surface area contributed by atoms with Gasteiger partial charge in [0.2, 0.25) is 5.91 Å². The molecule has 1 N–H and O–H groups in total. The van der Waals surface area contributed by atoms with Gasteiger partial charge in [-0.2, -0.15) is 0 Å². The molecule has 3 aromatic rings. The first-order chi connectivity index (χ1) is 20.3. The first-order valence-electron chi connectivity index (χ1n) is 15.0. The second-order valence-corrected chi connectivity index (χ2v) is 10.7. The molecule has 8 heteroatoms. The van der Waals surface area contributed by atoms with Gasteiger partial charge in [0, 0.05) is 35.2 Å². The van der Waals surface area contributed by atoms with Crippen molar-refractivity contribution in [3.8, 4) is 5.75 Å². The molecule has 0 saturated heterocycles. The zero-order chi connectivity index (χ0) is 30.5. The van der Waals surface area contributed by atoms with E-state index < -0.39 is 0 Å². The molecular weight excluding hydrogens is 532 g/mol. The highest BCUT2D eigenvalue weighted by Crippen LogP contribution is 2.29. The summed E-state index contributed by atoms with van der Waals surface area (Å²) in [4.78, 5) is 50.4. The molecule has 1 aromatic heterocycles. The van der Waals surface area contributed by atoms with Crippen molar-refractivity contribution in [3.63, 3.8) is 0 Å². The zero-order valence-electron chi connectivity index (χ0n) is 25.4. The van der Waals surface area contributed by atoms with E-state index in [1.807, 2.05) is 6.92 Å². The molecule has 0 aliphatic heterocycles. The van der Waals surface area contributed by atoms with Gasteiger partial charge < -0.3 is 14.8 Å². The summed E-state index contributed by atoms with van der Waals surface area (Å²) in [6.07, 6.45) is 8.26. The molecular formula is C34H44N2O6. The molecule has 226 valence electrons. The van der Waals surface area contributed by atoms with Crippen molar-refractivity contribution < 1.29 is 28.7 Å². The maximum atomic E-state index is 13.6. The summed E-state index contributed by atoms with van der Waals surface area (Å²) in [5.41, 5.74) is 3.08. The third kappa shape index (κ3) is 9.03. The monoisotopic (exact) mass is 576 g/mol. The Balaban J connectivity index is 1.56. The average molecular weight is 577 g/mol. The lowest BCUT2D eigenvalue weighted by atomic mass is 10.0. The first-order valence-corrected chi connectivity index (χ1v) is 15.0. The fourth-order valence-corrected chi connectivity index (χ4v) is 5.04. The van der Waals surface area contributed by atoms with Crippen LogP contribution in [0, 0.1) is 6.92 Å². The van der Waals surface area contributed by atoms with Crippen molar-refractivity contribution in [3.05, 3.63) is 64.8 Å². The Kier molecular flexibility index (Phi) is 12.8. The minimum absolute atomic E-state index is 0.0805. The number of esters is 1. The van der Waals surface area contributed by atoms with E-state index >= 15 is 0 Å². The Labute approximate surface area is 248 Å². The van der Waals surface area contributed by atoms with Crippen LogP contribution >= 0.6 is 0 Å². The number of unbranched alkanes of at least 4 members (excludes halogenated alkanes) is 6. The number of ether oxygens (including phenoxy) is 2. The Morgan fingerprint density at radius 2 is 1.55 bits per heavy atom. The van der Waals surface area contributed by atoms with Gasteiger partial charge in [0.25, 0.3) is 5.91 Å². The van der Waals surface area contributed by atoms with Crippen molar-refractivity contribution in [1.82, 2.24) is 9.88 Å². The number of carbonyl (C=O) groups excluding carboxylic acids is 4. The van der Waals surface area contributed by atoms with Crippen LogP contribution in [0.25, 0.3) is 10.9 Å². The third-order valence-corrected chi connectivity index (χ3v) is 7.51. The molecule has 0 saturated carbocycles. The summed E-state index contributed by atoms with van der Waals surface area (Å²) in [7, 11) is 1.57. The molecule has 0 fully saturated rings. The molecule has 8 nitrogen and oxygen atoms in total. The summed E-state index contributed by atoms with van der Waals surface area (Å²) < 4.78 is 12.1. The number of nitrogens with zero attached hydrogens (tertiary/aromatic N) is 1. The van der Waals surface area contributed by atoms with Crippen molar-refractivity contribution >= 4 is 34.5 Å². The number of amides is 1. The number of benzene rings is 2. The highest BCUT2D eigenvalue weighted by atomic mass is 16.5. The second-order valence-electron chi connectivity index (χ2n) is 10.7. The molecule has 1 amide bonds. The lowest BCUT2D eigenvalue weighted by Gasteiger charge is -2.09. The Morgan fingerprint density at radius 3 is 2.24 bits per heavy atom. The van der Waals surface area contributed by atoms with Crippen LogP contribution in [0.3, 0.4) is 0 Å². The fraction of sp³-hybridized carbons (Fsp3) is 0.471. The molecule has 0 spiro atoms. The van der Waals surface area contributed by atoms with Crippen LogP contribution in [0.15, 0.2) is 42.5 Å². The van der Waals surface area contributed by atoms with Crippen LogP contribution < -0.4 is 10.1 Å². The van der Waals surface area contributed by atoms with E-state index in [0.717, 1.165) is 62.3 Å². The quantitative estimate of drug-likeness (QED) is 0.111. The fourth-order valence-electron chi connectivity index (χ4n) is 5.04. The molecule has 3 rings (SSSR count). The number of carbonyl (C=O) groups is 4. The number of hydrogen-bond acceptors (Lipinski definition) is 6. The first kappa shape index (κ1) is 32.6. The predicted octanol–water partition coefficient (Wildman–Crippen LogP) is 6.58. The predicted molar refractivity (Wildman–Crippen MR) is 164 cm³/mol. The van der Waals surface area contributed by atoms with E-state index in [2.05, 4.69) is 12.2 Å². The Hall–Kier alpha value is -3.94. The normalized spacial score (nSPS) is 11.0.